The fraction of sp³-hybridized carbons (Fsp3) is 0.263. The quantitative estimate of drug-likeness (QED) is 0.811. The van der Waals surface area contributed by atoms with E-state index in [0.29, 0.717) is 13.1 Å². The number of anilines is 1. The van der Waals surface area contributed by atoms with E-state index in [9.17, 15) is 4.79 Å². The second-order valence-corrected chi connectivity index (χ2v) is 5.58. The van der Waals surface area contributed by atoms with Crippen molar-refractivity contribution >= 4 is 17.8 Å². The van der Waals surface area contributed by atoms with E-state index < -0.39 is 0 Å². The van der Waals surface area contributed by atoms with E-state index in [0.717, 1.165) is 30.2 Å². The van der Waals surface area contributed by atoms with Crippen LogP contribution in [0.1, 0.15) is 5.56 Å². The highest BCUT2D eigenvalue weighted by molar-refractivity contribution is 5.92. The van der Waals surface area contributed by atoms with Crippen LogP contribution in [0.4, 0.5) is 5.82 Å². The van der Waals surface area contributed by atoms with Crippen molar-refractivity contribution in [1.82, 2.24) is 9.88 Å². The lowest BCUT2D eigenvalue weighted by Gasteiger charge is -2.34. The third-order valence-electron chi connectivity index (χ3n) is 4.11. The molecule has 5 nitrogen and oxygen atoms in total. The summed E-state index contributed by atoms with van der Waals surface area (Å²) in [6.07, 6.45) is 5.23. The Kier molecular flexibility index (Phi) is 5.11. The van der Waals surface area contributed by atoms with Gasteiger partial charge < -0.3 is 14.5 Å². The Balaban J connectivity index is 1.58. The number of nitrogens with zero attached hydrogens (tertiary/aromatic N) is 3. The minimum atomic E-state index is 0.0292. The lowest BCUT2D eigenvalue weighted by molar-refractivity contribution is -0.126. The van der Waals surface area contributed by atoms with Crippen LogP contribution in [0.2, 0.25) is 0 Å². The average molecular weight is 323 g/mol. The molecule has 0 N–H and O–H groups in total. The van der Waals surface area contributed by atoms with E-state index in [2.05, 4.69) is 9.88 Å². The molecular formula is C19H21N3O2. The lowest BCUT2D eigenvalue weighted by Crippen LogP contribution is -2.48. The molecule has 1 fully saturated rings. The van der Waals surface area contributed by atoms with Gasteiger partial charge in [-0.3, -0.25) is 4.79 Å². The second-order valence-electron chi connectivity index (χ2n) is 5.58. The van der Waals surface area contributed by atoms with Gasteiger partial charge in [0, 0.05) is 44.0 Å². The van der Waals surface area contributed by atoms with Gasteiger partial charge in [-0.1, -0.05) is 24.3 Å². The number of rotatable bonds is 4. The molecule has 1 aromatic heterocycles. The number of para-hydroxylation sites is 1. The maximum atomic E-state index is 12.4. The average Bonchev–Trinajstić information content (AvgIpc) is 2.67. The minimum Gasteiger partial charge on any atom is -0.496 e. The van der Waals surface area contributed by atoms with Gasteiger partial charge in [-0.25, -0.2) is 4.98 Å². The Morgan fingerprint density at radius 1 is 1.08 bits per heavy atom. The summed E-state index contributed by atoms with van der Waals surface area (Å²) in [7, 11) is 1.63. The van der Waals surface area contributed by atoms with E-state index in [1.165, 1.54) is 0 Å². The maximum Gasteiger partial charge on any atom is 0.246 e. The zero-order chi connectivity index (χ0) is 16.8. The molecule has 0 radical (unpaired) electrons. The van der Waals surface area contributed by atoms with Crippen LogP contribution in [0.3, 0.4) is 0 Å². The van der Waals surface area contributed by atoms with Crippen LogP contribution >= 0.6 is 0 Å². The standard InChI is InChI=1S/C19H21N3O2/c1-24-17-7-3-2-6-16(17)9-10-19(23)22-14-12-21(13-15-22)18-8-4-5-11-20-18/h2-11H,12-15H2,1H3/b10-9+. The molecule has 2 aromatic rings. The smallest absolute Gasteiger partial charge is 0.246 e. The van der Waals surface area contributed by atoms with Crippen molar-refractivity contribution < 1.29 is 9.53 Å². The number of amides is 1. The Labute approximate surface area is 142 Å². The van der Waals surface area contributed by atoms with Crippen LogP contribution in [0.5, 0.6) is 5.75 Å². The molecule has 1 aromatic carbocycles. The number of methoxy groups -OCH3 is 1. The number of aromatic nitrogens is 1. The number of ether oxygens (including phenoxy) is 1. The molecule has 1 aliphatic rings. The van der Waals surface area contributed by atoms with Gasteiger partial charge in [0.25, 0.3) is 0 Å². The molecule has 0 saturated carbocycles. The van der Waals surface area contributed by atoms with Crippen LogP contribution in [-0.4, -0.2) is 49.1 Å². The monoisotopic (exact) mass is 323 g/mol. The van der Waals surface area contributed by atoms with E-state index in [1.807, 2.05) is 53.4 Å². The molecule has 2 heterocycles. The Bertz CT molecular complexity index is 708. The van der Waals surface area contributed by atoms with E-state index >= 15 is 0 Å². The van der Waals surface area contributed by atoms with Crippen LogP contribution in [0.15, 0.2) is 54.7 Å². The number of hydrogen-bond acceptors (Lipinski definition) is 4. The molecular weight excluding hydrogens is 302 g/mol. The van der Waals surface area contributed by atoms with Gasteiger partial charge in [-0.15, -0.1) is 0 Å². The van der Waals surface area contributed by atoms with Gasteiger partial charge in [0.2, 0.25) is 5.91 Å². The highest BCUT2D eigenvalue weighted by Gasteiger charge is 2.20. The number of benzene rings is 1. The molecule has 0 bridgehead atoms. The Morgan fingerprint density at radius 3 is 2.54 bits per heavy atom. The summed E-state index contributed by atoms with van der Waals surface area (Å²) in [6.45, 7) is 2.99. The van der Waals surface area contributed by atoms with Gasteiger partial charge in [0.1, 0.15) is 11.6 Å². The SMILES string of the molecule is COc1ccccc1/C=C/C(=O)N1CCN(c2ccccn2)CC1. The largest absolute Gasteiger partial charge is 0.496 e. The van der Waals surface area contributed by atoms with Crippen molar-refractivity contribution in [1.29, 1.82) is 0 Å². The molecule has 0 aliphatic carbocycles. The summed E-state index contributed by atoms with van der Waals surface area (Å²) in [5, 5.41) is 0. The molecule has 1 saturated heterocycles. The van der Waals surface area contributed by atoms with Crippen LogP contribution in [-0.2, 0) is 4.79 Å². The fourth-order valence-electron chi connectivity index (χ4n) is 2.77. The normalized spacial score (nSPS) is 14.9. The second kappa shape index (κ2) is 7.64. The van der Waals surface area contributed by atoms with Gasteiger partial charge in [-0.05, 0) is 24.3 Å². The summed E-state index contributed by atoms with van der Waals surface area (Å²) in [5.74, 6) is 1.76. The Morgan fingerprint density at radius 2 is 1.83 bits per heavy atom. The number of hydrogen-bond donors (Lipinski definition) is 0. The molecule has 0 spiro atoms. The third kappa shape index (κ3) is 3.74. The van der Waals surface area contributed by atoms with Crippen LogP contribution < -0.4 is 9.64 Å². The summed E-state index contributed by atoms with van der Waals surface area (Å²) >= 11 is 0. The van der Waals surface area contributed by atoms with Crippen molar-refractivity contribution in [3.8, 4) is 5.75 Å². The topological polar surface area (TPSA) is 45.7 Å². The van der Waals surface area contributed by atoms with Crippen LogP contribution in [0, 0.1) is 0 Å². The van der Waals surface area contributed by atoms with Crippen molar-refractivity contribution in [2.45, 2.75) is 0 Å². The highest BCUT2D eigenvalue weighted by atomic mass is 16.5. The number of carbonyl (C=O) groups excluding carboxylic acids is 1. The summed E-state index contributed by atoms with van der Waals surface area (Å²) in [6, 6.07) is 13.5. The molecule has 3 rings (SSSR count). The highest BCUT2D eigenvalue weighted by Crippen LogP contribution is 2.19. The molecule has 1 aliphatic heterocycles. The number of pyridine rings is 1. The fourth-order valence-corrected chi connectivity index (χ4v) is 2.77. The van der Waals surface area contributed by atoms with Crippen molar-refractivity contribution in [2.75, 3.05) is 38.2 Å². The van der Waals surface area contributed by atoms with Crippen LogP contribution in [0.25, 0.3) is 6.08 Å². The summed E-state index contributed by atoms with van der Waals surface area (Å²) < 4.78 is 5.30. The van der Waals surface area contributed by atoms with E-state index in [-0.39, 0.29) is 5.91 Å². The van der Waals surface area contributed by atoms with Gasteiger partial charge >= 0.3 is 0 Å². The van der Waals surface area contributed by atoms with Crippen molar-refractivity contribution in [3.05, 3.63) is 60.3 Å². The van der Waals surface area contributed by atoms with Crippen molar-refractivity contribution in [3.63, 3.8) is 0 Å². The first kappa shape index (κ1) is 16.1. The maximum absolute atomic E-state index is 12.4. The molecule has 0 unspecified atom stereocenters. The molecule has 5 heteroatoms. The molecule has 1 amide bonds. The minimum absolute atomic E-state index is 0.0292. The summed E-state index contributed by atoms with van der Waals surface area (Å²) in [4.78, 5) is 20.8. The molecule has 24 heavy (non-hydrogen) atoms. The van der Waals surface area contributed by atoms with Crippen molar-refractivity contribution in [2.24, 2.45) is 0 Å². The Hall–Kier alpha value is -2.82. The van der Waals surface area contributed by atoms with Gasteiger partial charge in [-0.2, -0.15) is 0 Å². The first-order chi connectivity index (χ1) is 11.8. The predicted molar refractivity (Wildman–Crippen MR) is 95.1 cm³/mol. The zero-order valence-corrected chi connectivity index (χ0v) is 13.8. The number of piperazine rings is 1. The molecule has 0 atom stereocenters. The van der Waals surface area contributed by atoms with E-state index in [1.54, 1.807) is 19.4 Å². The van der Waals surface area contributed by atoms with Gasteiger partial charge in [0.05, 0.1) is 7.11 Å². The lowest BCUT2D eigenvalue weighted by atomic mass is 10.2. The molecule has 124 valence electrons. The first-order valence-electron chi connectivity index (χ1n) is 8.04. The third-order valence-corrected chi connectivity index (χ3v) is 4.11. The predicted octanol–water partition coefficient (Wildman–Crippen LogP) is 2.45. The summed E-state index contributed by atoms with van der Waals surface area (Å²) in [5.41, 5.74) is 0.903. The van der Waals surface area contributed by atoms with Gasteiger partial charge in [0.15, 0.2) is 0 Å². The first-order valence-corrected chi connectivity index (χ1v) is 8.04. The number of carbonyl (C=O) groups is 1. The zero-order valence-electron chi connectivity index (χ0n) is 13.8. The van der Waals surface area contributed by atoms with E-state index in [4.69, 9.17) is 4.74 Å².